The third kappa shape index (κ3) is 8.24. The van der Waals surface area contributed by atoms with Crippen LogP contribution in [-0.4, -0.2) is 6.03 Å². The lowest BCUT2D eigenvalue weighted by atomic mass is 11.2. The van der Waals surface area contributed by atoms with E-state index in [1.165, 1.54) is 0 Å². The van der Waals surface area contributed by atoms with Crippen LogP contribution in [0.25, 0.3) is 0 Å². The van der Waals surface area contributed by atoms with Crippen LogP contribution in [0.3, 0.4) is 0 Å². The summed E-state index contributed by atoms with van der Waals surface area (Å²) in [6.45, 7) is 0. The molecule has 0 aromatic heterocycles. The smallest absolute Gasteiger partial charge is 0.309 e. The molecule has 0 aliphatic heterocycles. The molecule has 0 atom stereocenters. The van der Waals surface area contributed by atoms with Gasteiger partial charge in [-0.1, -0.05) is 0 Å². The highest BCUT2D eigenvalue weighted by atomic mass is 16.2. The van der Waals surface area contributed by atoms with Crippen molar-refractivity contribution in [3.8, 4) is 0 Å². The number of hydrogen-bond donors (Lipinski definition) is 2. The predicted octanol–water partition coefficient (Wildman–Crippen LogP) is -1.10. The number of urea groups is 1. The van der Waals surface area contributed by atoms with Crippen LogP contribution >= 0.6 is 0 Å². The molecule has 0 aromatic rings. The van der Waals surface area contributed by atoms with Gasteiger partial charge in [-0.3, -0.25) is 0 Å². The van der Waals surface area contributed by atoms with Crippen LogP contribution in [0.1, 0.15) is 0 Å². The highest BCUT2D eigenvalue weighted by Gasteiger charge is 1.60. The molecule has 5 heavy (non-hydrogen) atoms. The van der Waals surface area contributed by atoms with E-state index in [0.717, 1.165) is 0 Å². The molecule has 0 heterocycles. The van der Waals surface area contributed by atoms with E-state index in [-0.39, 0.29) is 5.48 Å². The summed E-state index contributed by atoms with van der Waals surface area (Å²) >= 11 is 0. The van der Waals surface area contributed by atoms with Crippen molar-refractivity contribution in [3.05, 3.63) is 0 Å². The molecular weight excluding hydrogens is 72.0 g/mol. The Balaban J connectivity index is 0. The number of hydrogen-bond acceptors (Lipinski definition) is 1. The molecule has 0 unspecified atom stereocenters. The molecule has 0 aromatic carbocycles. The highest BCUT2D eigenvalue weighted by molar-refractivity contribution is 5.69. The van der Waals surface area contributed by atoms with Gasteiger partial charge >= 0.3 is 6.03 Å². The quantitative estimate of drug-likeness (QED) is 0.376. The second kappa shape index (κ2) is 3.23. The molecule has 0 aliphatic carbocycles. The minimum Gasteiger partial charge on any atom is -0.352 e. The monoisotopic (exact) mass is 76.0 g/mol. The van der Waals surface area contributed by atoms with Crippen LogP contribution < -0.4 is 11.5 Å². The van der Waals surface area contributed by atoms with E-state index < -0.39 is 6.03 Å². The molecule has 0 bridgehead atoms. The first-order valence-electron chi connectivity index (χ1n) is 0.781. The Morgan fingerprint density at radius 2 is 1.40 bits per heavy atom. The number of amides is 2. The number of rotatable bonds is 0. The third-order valence-corrected chi connectivity index (χ3v) is 0. The van der Waals surface area contributed by atoms with Crippen molar-refractivity contribution < 1.29 is 10.3 Å². The Morgan fingerprint density at radius 1 is 1.40 bits per heavy atom. The Labute approximate surface area is 29.1 Å². The summed E-state index contributed by atoms with van der Waals surface area (Å²) in [7, 11) is 0. The van der Waals surface area contributed by atoms with Crippen molar-refractivity contribution in [2.24, 2.45) is 11.5 Å². The average molecular weight is 76.1 g/mol. The van der Waals surface area contributed by atoms with Crippen LogP contribution in [0.15, 0.2) is 0 Å². The van der Waals surface area contributed by atoms with Gasteiger partial charge in [0, 0.05) is 5.48 Å². The van der Waals surface area contributed by atoms with E-state index in [4.69, 9.17) is 4.79 Å². The molecule has 4 nitrogen and oxygen atoms in total. The van der Waals surface area contributed by atoms with Crippen molar-refractivity contribution in [1.82, 2.24) is 0 Å². The van der Waals surface area contributed by atoms with E-state index in [2.05, 4.69) is 11.5 Å². The minimum atomic E-state index is -0.833. The summed E-state index contributed by atoms with van der Waals surface area (Å²) in [5, 5.41) is 0. The van der Waals surface area contributed by atoms with Gasteiger partial charge in [0.1, 0.15) is 0 Å². The molecule has 0 saturated heterocycles. The maximum absolute atomic E-state index is 9.00. The Morgan fingerprint density at radius 3 is 1.40 bits per heavy atom. The van der Waals surface area contributed by atoms with Gasteiger partial charge in [0.15, 0.2) is 0 Å². The largest absolute Gasteiger partial charge is 0.352 e. The topological polar surface area (TPSA) is 97.6 Å². The summed E-state index contributed by atoms with van der Waals surface area (Å²) < 4.78 is 0. The van der Waals surface area contributed by atoms with Crippen LogP contribution in [0.4, 0.5) is 4.79 Å². The Hall–Kier alpha value is -0.770. The van der Waals surface area contributed by atoms with Crippen molar-refractivity contribution in [1.29, 1.82) is 0 Å². The molecule has 4 N–H and O–H groups in total. The molecular formula is CH4N2O2. The number of nitrogens with two attached hydrogens (primary N) is 2. The minimum absolute atomic E-state index is 0. The molecule has 0 fully saturated rings. The van der Waals surface area contributed by atoms with Crippen molar-refractivity contribution >= 4 is 6.03 Å². The maximum atomic E-state index is 9.00. The third-order valence-electron chi connectivity index (χ3n) is 0. The summed E-state index contributed by atoms with van der Waals surface area (Å²) in [5.74, 6) is 0. The normalized spacial score (nSPS) is 4.80. The van der Waals surface area contributed by atoms with E-state index >= 15 is 0 Å². The van der Waals surface area contributed by atoms with Crippen LogP contribution in [0.2, 0.25) is 0 Å². The molecule has 0 rings (SSSR count). The van der Waals surface area contributed by atoms with Gasteiger partial charge in [-0.25, -0.2) is 4.79 Å². The van der Waals surface area contributed by atoms with Crippen molar-refractivity contribution in [2.75, 3.05) is 0 Å². The van der Waals surface area contributed by atoms with Crippen LogP contribution in [-0.2, 0) is 5.48 Å². The average Bonchev–Trinajstić information content (AvgIpc) is 0.811. The lowest BCUT2D eigenvalue weighted by molar-refractivity contribution is 0.256. The molecule has 2 amide bonds. The fourth-order valence-electron chi connectivity index (χ4n) is 0. The lowest BCUT2D eigenvalue weighted by Gasteiger charge is -1.62. The van der Waals surface area contributed by atoms with Crippen LogP contribution in [0.5, 0.6) is 0 Å². The maximum Gasteiger partial charge on any atom is 0.309 e. The summed E-state index contributed by atoms with van der Waals surface area (Å²) in [5.41, 5.74) is 8.50. The van der Waals surface area contributed by atoms with Gasteiger partial charge in [-0.15, -0.1) is 0 Å². The Bertz CT molecular complexity index is 30.6. The first-order valence-corrected chi connectivity index (χ1v) is 0.781. The van der Waals surface area contributed by atoms with E-state index in [9.17, 15) is 0 Å². The zero-order chi connectivity index (χ0) is 3.58. The molecule has 0 spiro atoms. The fourth-order valence-corrected chi connectivity index (χ4v) is 0. The van der Waals surface area contributed by atoms with Crippen LogP contribution in [0, 0.1) is 0 Å². The second-order valence-electron chi connectivity index (χ2n) is 0.402. The number of primary amides is 2. The predicted molar refractivity (Wildman–Crippen MR) is 14.5 cm³/mol. The molecule has 30 valence electrons. The Kier molecular flexibility index (Phi) is 5.73. The fraction of sp³-hybridized carbons (Fsp3) is 0. The number of carbonyl (C=O) groups excluding carboxylic acids is 1. The zero-order valence-electron chi connectivity index (χ0n) is 2.47. The molecule has 0 aliphatic rings. The van der Waals surface area contributed by atoms with Gasteiger partial charge in [-0.05, 0) is 0 Å². The first-order chi connectivity index (χ1) is 1.73. The van der Waals surface area contributed by atoms with E-state index in [1.54, 1.807) is 0 Å². The zero-order valence-corrected chi connectivity index (χ0v) is 2.47. The summed E-state index contributed by atoms with van der Waals surface area (Å²) in [4.78, 5) is 9.00. The van der Waals surface area contributed by atoms with Crippen molar-refractivity contribution in [3.63, 3.8) is 0 Å². The van der Waals surface area contributed by atoms with Gasteiger partial charge < -0.3 is 11.5 Å². The molecule has 4 heteroatoms. The van der Waals surface area contributed by atoms with Gasteiger partial charge in [0.25, 0.3) is 0 Å². The highest BCUT2D eigenvalue weighted by Crippen LogP contribution is 1.25. The SMILES string of the molecule is NC(N)=O.[O]. The lowest BCUT2D eigenvalue weighted by Crippen LogP contribution is -2.18. The second-order valence-corrected chi connectivity index (χ2v) is 0.402. The van der Waals surface area contributed by atoms with E-state index in [1.807, 2.05) is 0 Å². The van der Waals surface area contributed by atoms with Gasteiger partial charge in [0.05, 0.1) is 0 Å². The van der Waals surface area contributed by atoms with Gasteiger partial charge in [-0.2, -0.15) is 0 Å². The number of carbonyl (C=O) groups is 1. The van der Waals surface area contributed by atoms with E-state index in [0.29, 0.717) is 0 Å². The summed E-state index contributed by atoms with van der Waals surface area (Å²) in [6, 6.07) is -0.833. The first kappa shape index (κ1) is 8.87. The van der Waals surface area contributed by atoms with Gasteiger partial charge in [0.2, 0.25) is 0 Å². The van der Waals surface area contributed by atoms with Crippen molar-refractivity contribution in [2.45, 2.75) is 0 Å². The summed E-state index contributed by atoms with van der Waals surface area (Å²) in [6.07, 6.45) is 0. The molecule has 0 saturated carbocycles. The standard InChI is InChI=1S/CH4N2O.O/c2-1(3)4;/h(H4,2,3,4);. The molecule has 2 radical (unpaired) electrons.